The van der Waals surface area contributed by atoms with Gasteiger partial charge in [0.15, 0.2) is 0 Å². The molecule has 162 valence electrons. The number of nitrogens with zero attached hydrogens (tertiary/aromatic N) is 2. The summed E-state index contributed by atoms with van der Waals surface area (Å²) in [6.07, 6.45) is 2.48. The first-order valence-electron chi connectivity index (χ1n) is 10.1. The van der Waals surface area contributed by atoms with Gasteiger partial charge in [0.2, 0.25) is 0 Å². The molecule has 1 saturated heterocycles. The molecule has 2 aromatic rings. The van der Waals surface area contributed by atoms with Gasteiger partial charge in [-0.05, 0) is 49.2 Å². The quantitative estimate of drug-likeness (QED) is 0.627. The second kappa shape index (κ2) is 11.9. The molecule has 7 heteroatoms. The van der Waals surface area contributed by atoms with E-state index in [0.717, 1.165) is 13.1 Å². The Balaban J connectivity index is 0.000000469. The number of rotatable bonds is 6. The molecule has 2 aromatic carbocycles. The molecule has 3 N–H and O–H groups in total. The maximum Gasteiger partial charge on any atom is 0.414 e. The summed E-state index contributed by atoms with van der Waals surface area (Å²) in [7, 11) is 4.16. The molecule has 0 amide bonds. The van der Waals surface area contributed by atoms with Gasteiger partial charge in [0.25, 0.3) is 0 Å². The van der Waals surface area contributed by atoms with Crippen LogP contribution in [0.15, 0.2) is 54.6 Å². The van der Waals surface area contributed by atoms with Crippen molar-refractivity contribution in [3.8, 4) is 0 Å². The number of nitrogens with one attached hydrogen (secondary N) is 1. The fourth-order valence-corrected chi connectivity index (χ4v) is 3.31. The molecule has 3 rings (SSSR count). The first kappa shape index (κ1) is 23.4. The summed E-state index contributed by atoms with van der Waals surface area (Å²) in [6, 6.07) is 20.3. The van der Waals surface area contributed by atoms with Gasteiger partial charge in [-0.3, -0.25) is 4.90 Å². The molecular weight excluding hydrogens is 382 g/mol. The van der Waals surface area contributed by atoms with Crippen LogP contribution in [0.4, 0.5) is 5.69 Å². The van der Waals surface area contributed by atoms with Crippen molar-refractivity contribution in [3.63, 3.8) is 0 Å². The second-order valence-electron chi connectivity index (χ2n) is 7.59. The predicted molar refractivity (Wildman–Crippen MR) is 118 cm³/mol. The van der Waals surface area contributed by atoms with Gasteiger partial charge in [-0.2, -0.15) is 0 Å². The Morgan fingerprint density at radius 1 is 0.933 bits per heavy atom. The number of carboxylic acids is 2. The van der Waals surface area contributed by atoms with Crippen molar-refractivity contribution in [1.29, 1.82) is 0 Å². The summed E-state index contributed by atoms with van der Waals surface area (Å²) >= 11 is 0. The molecule has 0 radical (unpaired) electrons. The Morgan fingerprint density at radius 3 is 2.00 bits per heavy atom. The van der Waals surface area contributed by atoms with Crippen molar-refractivity contribution in [2.45, 2.75) is 32.0 Å². The third-order valence-corrected chi connectivity index (χ3v) is 5.07. The van der Waals surface area contributed by atoms with E-state index < -0.39 is 11.9 Å². The third-order valence-electron chi connectivity index (χ3n) is 5.07. The highest BCUT2D eigenvalue weighted by molar-refractivity contribution is 6.27. The van der Waals surface area contributed by atoms with Crippen LogP contribution in [0.2, 0.25) is 0 Å². The molecule has 30 heavy (non-hydrogen) atoms. The first-order valence-corrected chi connectivity index (χ1v) is 10.1. The second-order valence-corrected chi connectivity index (χ2v) is 7.59. The lowest BCUT2D eigenvalue weighted by molar-refractivity contribution is -0.159. The molecule has 0 saturated carbocycles. The van der Waals surface area contributed by atoms with E-state index in [9.17, 15) is 0 Å². The SMILES string of the molecule is CN(C)c1ccc(CNC2CCN(Cc3ccccc3)CC2)cc1.O=C(O)C(=O)O. The lowest BCUT2D eigenvalue weighted by Gasteiger charge is -2.32. The molecule has 0 bridgehead atoms. The van der Waals surface area contributed by atoms with Gasteiger partial charge in [-0.25, -0.2) is 9.59 Å². The van der Waals surface area contributed by atoms with Crippen LogP contribution in [0, 0.1) is 0 Å². The van der Waals surface area contributed by atoms with E-state index in [0.29, 0.717) is 6.04 Å². The first-order chi connectivity index (χ1) is 14.3. The van der Waals surface area contributed by atoms with Crippen LogP contribution in [-0.4, -0.2) is 60.3 Å². The highest BCUT2D eigenvalue weighted by Crippen LogP contribution is 2.16. The average molecular weight is 414 g/mol. The Hall–Kier alpha value is -2.90. The van der Waals surface area contributed by atoms with E-state index in [1.807, 2.05) is 0 Å². The molecular formula is C23H31N3O4. The summed E-state index contributed by atoms with van der Waals surface area (Å²) in [4.78, 5) is 22.9. The van der Waals surface area contributed by atoms with Gasteiger partial charge in [0.1, 0.15) is 0 Å². The van der Waals surface area contributed by atoms with Crippen LogP contribution in [0.5, 0.6) is 0 Å². The van der Waals surface area contributed by atoms with E-state index in [2.05, 4.69) is 83.8 Å². The lowest BCUT2D eigenvalue weighted by Crippen LogP contribution is -2.41. The van der Waals surface area contributed by atoms with E-state index in [4.69, 9.17) is 19.8 Å². The Kier molecular flexibility index (Phi) is 9.31. The van der Waals surface area contributed by atoms with Crippen molar-refractivity contribution in [3.05, 3.63) is 65.7 Å². The standard InChI is InChI=1S/C21H29N3.C2H2O4/c1-23(2)21-10-8-18(9-11-21)16-22-20-12-14-24(15-13-20)17-19-6-4-3-5-7-19;3-1(4)2(5)6/h3-11,20,22H,12-17H2,1-2H3;(H,3,4)(H,5,6). The minimum Gasteiger partial charge on any atom is -0.473 e. The van der Waals surface area contributed by atoms with Gasteiger partial charge in [-0.15, -0.1) is 0 Å². The average Bonchev–Trinajstić information content (AvgIpc) is 2.74. The Labute approximate surface area is 177 Å². The molecule has 0 spiro atoms. The topological polar surface area (TPSA) is 93.1 Å². The molecule has 1 fully saturated rings. The number of carboxylic acid groups (broad SMARTS) is 2. The normalized spacial score (nSPS) is 14.5. The largest absolute Gasteiger partial charge is 0.473 e. The predicted octanol–water partition coefficient (Wildman–Crippen LogP) is 2.66. The molecule has 1 aliphatic rings. The molecule has 1 aliphatic heterocycles. The van der Waals surface area contributed by atoms with E-state index in [-0.39, 0.29) is 0 Å². The van der Waals surface area contributed by atoms with Crippen LogP contribution >= 0.6 is 0 Å². The molecule has 0 aliphatic carbocycles. The molecule has 1 heterocycles. The fourth-order valence-electron chi connectivity index (χ4n) is 3.31. The van der Waals surface area contributed by atoms with Gasteiger partial charge >= 0.3 is 11.9 Å². The van der Waals surface area contributed by atoms with Gasteiger partial charge in [0, 0.05) is 38.9 Å². The zero-order valence-electron chi connectivity index (χ0n) is 17.6. The molecule has 7 nitrogen and oxygen atoms in total. The number of hydrogen-bond acceptors (Lipinski definition) is 5. The number of aliphatic carboxylic acids is 2. The van der Waals surface area contributed by atoms with Crippen LogP contribution in [0.25, 0.3) is 0 Å². The van der Waals surface area contributed by atoms with Crippen molar-refractivity contribution in [1.82, 2.24) is 10.2 Å². The van der Waals surface area contributed by atoms with E-state index in [1.165, 1.54) is 42.7 Å². The zero-order chi connectivity index (χ0) is 21.9. The van der Waals surface area contributed by atoms with E-state index in [1.54, 1.807) is 0 Å². The van der Waals surface area contributed by atoms with Crippen LogP contribution < -0.4 is 10.2 Å². The summed E-state index contributed by atoms with van der Waals surface area (Å²) in [5.41, 5.74) is 4.05. The maximum atomic E-state index is 9.10. The fraction of sp³-hybridized carbons (Fsp3) is 0.391. The van der Waals surface area contributed by atoms with Gasteiger partial charge in [-0.1, -0.05) is 42.5 Å². The smallest absolute Gasteiger partial charge is 0.414 e. The minimum absolute atomic E-state index is 0.644. The highest BCUT2D eigenvalue weighted by Gasteiger charge is 2.18. The van der Waals surface area contributed by atoms with Gasteiger partial charge in [0.05, 0.1) is 0 Å². The Bertz CT molecular complexity index is 774. The van der Waals surface area contributed by atoms with Crippen LogP contribution in [0.1, 0.15) is 24.0 Å². The highest BCUT2D eigenvalue weighted by atomic mass is 16.4. The number of likely N-dealkylation sites (tertiary alicyclic amines) is 1. The number of benzene rings is 2. The number of anilines is 1. The number of hydrogen-bond donors (Lipinski definition) is 3. The third kappa shape index (κ3) is 8.23. The lowest BCUT2D eigenvalue weighted by atomic mass is 10.0. The number of carbonyl (C=O) groups is 2. The van der Waals surface area contributed by atoms with Gasteiger partial charge < -0.3 is 20.4 Å². The summed E-state index contributed by atoms with van der Waals surface area (Å²) in [6.45, 7) is 4.43. The summed E-state index contributed by atoms with van der Waals surface area (Å²) in [5.74, 6) is -3.65. The molecule has 0 atom stereocenters. The summed E-state index contributed by atoms with van der Waals surface area (Å²) in [5, 5.41) is 18.5. The van der Waals surface area contributed by atoms with E-state index >= 15 is 0 Å². The molecule has 0 unspecified atom stereocenters. The van der Waals surface area contributed by atoms with Crippen LogP contribution in [0.3, 0.4) is 0 Å². The monoisotopic (exact) mass is 413 g/mol. The van der Waals surface area contributed by atoms with Crippen molar-refractivity contribution in [2.24, 2.45) is 0 Å². The molecule has 0 aromatic heterocycles. The minimum atomic E-state index is -1.82. The number of piperidine rings is 1. The van der Waals surface area contributed by atoms with Crippen molar-refractivity contribution in [2.75, 3.05) is 32.1 Å². The van der Waals surface area contributed by atoms with Crippen molar-refractivity contribution >= 4 is 17.6 Å². The van der Waals surface area contributed by atoms with Crippen LogP contribution in [-0.2, 0) is 22.7 Å². The Morgan fingerprint density at radius 2 is 1.50 bits per heavy atom. The summed E-state index contributed by atoms with van der Waals surface area (Å²) < 4.78 is 0. The van der Waals surface area contributed by atoms with Crippen molar-refractivity contribution < 1.29 is 19.8 Å². The zero-order valence-corrected chi connectivity index (χ0v) is 17.6. The maximum absolute atomic E-state index is 9.10.